The third-order valence-electron chi connectivity index (χ3n) is 2.11. The maximum atomic E-state index is 11.1. The lowest BCUT2D eigenvalue weighted by atomic mass is 10.3. The van der Waals surface area contributed by atoms with Crippen LogP contribution in [0.1, 0.15) is 0 Å². The SMILES string of the molecule is O=P(O)(O)C(=Nc1nc2ccccc2[nH]1)[P+](O)(O)O. The Morgan fingerprint density at radius 1 is 1.26 bits per heavy atom. The summed E-state index contributed by atoms with van der Waals surface area (Å²) in [5, 5.41) is -1.40. The first-order chi connectivity index (χ1) is 8.68. The quantitative estimate of drug-likeness (QED) is 0.355. The van der Waals surface area contributed by atoms with Gasteiger partial charge in [0, 0.05) is 0 Å². The van der Waals surface area contributed by atoms with Crippen molar-refractivity contribution in [2.45, 2.75) is 0 Å². The number of aromatic amines is 1. The highest BCUT2D eigenvalue weighted by Gasteiger charge is 2.52. The molecule has 0 radical (unpaired) electrons. The number of hydrogen-bond acceptors (Lipinski definition) is 6. The van der Waals surface area contributed by atoms with Crippen molar-refractivity contribution < 1.29 is 29.0 Å². The highest BCUT2D eigenvalue weighted by molar-refractivity contribution is 8.00. The standard InChI is InChI=1S/C8H9N3O6P2/c12-18(13,14)8(19(15,16)17)11-7-9-5-3-1-2-4-6(5)10-7/h1-4,12-14H,(H2-,9,10,15,16,17)/p+1. The fourth-order valence-electron chi connectivity index (χ4n) is 1.39. The Balaban J connectivity index is 2.56. The monoisotopic (exact) mass is 306 g/mol. The maximum Gasteiger partial charge on any atom is 0.469 e. The average molecular weight is 306 g/mol. The van der Waals surface area contributed by atoms with Gasteiger partial charge in [0.05, 0.1) is 11.0 Å². The van der Waals surface area contributed by atoms with E-state index < -0.39 is 20.7 Å². The Morgan fingerprint density at radius 3 is 2.42 bits per heavy atom. The van der Waals surface area contributed by atoms with E-state index in [1.807, 2.05) is 0 Å². The van der Waals surface area contributed by atoms with E-state index in [9.17, 15) is 4.57 Å². The second kappa shape index (κ2) is 4.73. The minimum atomic E-state index is -5.12. The highest BCUT2D eigenvalue weighted by Crippen LogP contribution is 2.60. The van der Waals surface area contributed by atoms with Crippen LogP contribution in [0, 0.1) is 0 Å². The predicted molar refractivity (Wildman–Crippen MR) is 68.8 cm³/mol. The number of aromatic nitrogens is 2. The van der Waals surface area contributed by atoms with Crippen LogP contribution in [0.15, 0.2) is 29.3 Å². The van der Waals surface area contributed by atoms with E-state index in [-0.39, 0.29) is 5.95 Å². The van der Waals surface area contributed by atoms with Crippen LogP contribution in [0.4, 0.5) is 5.95 Å². The second-order valence-corrected chi connectivity index (χ2v) is 7.03. The average Bonchev–Trinajstić information content (AvgIpc) is 2.65. The van der Waals surface area contributed by atoms with Gasteiger partial charge in [-0.15, -0.1) is 0 Å². The molecule has 0 spiro atoms. The maximum absolute atomic E-state index is 11.1. The first-order valence-electron chi connectivity index (χ1n) is 4.85. The van der Waals surface area contributed by atoms with Crippen molar-refractivity contribution in [3.05, 3.63) is 24.3 Å². The molecule has 0 amide bonds. The van der Waals surface area contributed by atoms with Crippen molar-refractivity contribution in [2.75, 3.05) is 0 Å². The summed E-state index contributed by atoms with van der Waals surface area (Å²) in [7, 11) is -10.0. The molecule has 2 aromatic rings. The summed E-state index contributed by atoms with van der Waals surface area (Å²) in [4.78, 5) is 54.7. The number of benzene rings is 1. The predicted octanol–water partition coefficient (Wildman–Crippen LogP) is 0.468. The molecule has 0 saturated heterocycles. The molecule has 9 nitrogen and oxygen atoms in total. The Kier molecular flexibility index (Phi) is 3.55. The molecule has 19 heavy (non-hydrogen) atoms. The minimum absolute atomic E-state index is 0.249. The number of nitrogens with one attached hydrogen (secondary N) is 1. The third kappa shape index (κ3) is 3.23. The zero-order valence-corrected chi connectivity index (χ0v) is 11.0. The van der Waals surface area contributed by atoms with Gasteiger partial charge in [-0.05, 0) is 12.1 Å². The summed E-state index contributed by atoms with van der Waals surface area (Å²) in [5.74, 6) is -0.249. The third-order valence-corrected chi connectivity index (χ3v) is 4.96. The Bertz CT molecular complexity index is 652. The summed E-state index contributed by atoms with van der Waals surface area (Å²) >= 11 is 0. The molecular formula is C8H10N3O6P2+. The molecule has 0 aliphatic heterocycles. The fraction of sp³-hybridized carbons (Fsp3) is 0. The van der Waals surface area contributed by atoms with Crippen LogP contribution in [0.3, 0.4) is 0 Å². The van der Waals surface area contributed by atoms with E-state index >= 15 is 0 Å². The van der Waals surface area contributed by atoms with Crippen LogP contribution in [-0.2, 0) is 4.57 Å². The van der Waals surface area contributed by atoms with E-state index in [0.29, 0.717) is 11.0 Å². The lowest BCUT2D eigenvalue weighted by Gasteiger charge is -2.06. The van der Waals surface area contributed by atoms with Gasteiger partial charge in [-0.25, -0.2) is 9.55 Å². The lowest BCUT2D eigenvalue weighted by Crippen LogP contribution is -2.06. The van der Waals surface area contributed by atoms with Gasteiger partial charge in [-0.2, -0.15) is 19.7 Å². The Morgan fingerprint density at radius 2 is 1.89 bits per heavy atom. The molecule has 2 rings (SSSR count). The number of para-hydroxylation sites is 2. The van der Waals surface area contributed by atoms with Crippen LogP contribution >= 0.6 is 15.5 Å². The molecule has 1 heterocycles. The van der Waals surface area contributed by atoms with Gasteiger partial charge in [0.2, 0.25) is 5.95 Å². The molecule has 0 aliphatic carbocycles. The molecule has 0 unspecified atom stereocenters. The molecule has 0 aliphatic rings. The lowest BCUT2D eigenvalue weighted by molar-refractivity contribution is 0.349. The van der Waals surface area contributed by atoms with Crippen LogP contribution in [0.25, 0.3) is 11.0 Å². The normalized spacial score (nSPS) is 14.1. The van der Waals surface area contributed by atoms with Crippen LogP contribution in [0.2, 0.25) is 0 Å². The Hall–Kier alpha value is -1.18. The Labute approximate surface area is 107 Å². The molecule has 0 atom stereocenters. The number of imidazole rings is 1. The number of aliphatic imine (C=N–C) groups is 1. The van der Waals surface area contributed by atoms with Crippen molar-refractivity contribution in [1.29, 1.82) is 0 Å². The molecule has 6 N–H and O–H groups in total. The fourth-order valence-corrected chi connectivity index (χ4v) is 3.25. The van der Waals surface area contributed by atoms with Gasteiger partial charge in [-0.1, -0.05) is 12.1 Å². The second-order valence-electron chi connectivity index (χ2n) is 3.60. The number of H-pyrrole nitrogens is 1. The van der Waals surface area contributed by atoms with E-state index in [4.69, 9.17) is 24.5 Å². The molecular weight excluding hydrogens is 296 g/mol. The van der Waals surface area contributed by atoms with Crippen molar-refractivity contribution >= 4 is 37.7 Å². The van der Waals surface area contributed by atoms with Gasteiger partial charge in [-0.3, -0.25) is 0 Å². The van der Waals surface area contributed by atoms with Gasteiger partial charge >= 0.3 is 20.7 Å². The van der Waals surface area contributed by atoms with E-state index in [1.54, 1.807) is 24.3 Å². The van der Waals surface area contributed by atoms with Crippen LogP contribution in [-0.4, -0.2) is 39.6 Å². The smallest absolute Gasteiger partial charge is 0.322 e. The zero-order valence-electron chi connectivity index (χ0n) is 9.24. The molecule has 11 heteroatoms. The van der Waals surface area contributed by atoms with Gasteiger partial charge < -0.3 is 14.8 Å². The summed E-state index contributed by atoms with van der Waals surface area (Å²) in [6, 6.07) is 6.68. The summed E-state index contributed by atoms with van der Waals surface area (Å²) in [5.41, 5.74) is 1.02. The molecule has 0 bridgehead atoms. The van der Waals surface area contributed by atoms with Crippen LogP contribution < -0.4 is 0 Å². The minimum Gasteiger partial charge on any atom is -0.322 e. The molecule has 0 saturated carbocycles. The van der Waals surface area contributed by atoms with Crippen molar-refractivity contribution in [1.82, 2.24) is 9.97 Å². The summed E-state index contributed by atoms with van der Waals surface area (Å²) in [6.07, 6.45) is 0. The van der Waals surface area contributed by atoms with Crippen molar-refractivity contribution in [3.8, 4) is 0 Å². The molecule has 1 aromatic heterocycles. The van der Waals surface area contributed by atoms with E-state index in [1.165, 1.54) is 0 Å². The van der Waals surface area contributed by atoms with E-state index in [2.05, 4.69) is 15.0 Å². The highest BCUT2D eigenvalue weighted by atomic mass is 31.3. The number of fused-ring (bicyclic) bond motifs is 1. The van der Waals surface area contributed by atoms with E-state index in [0.717, 1.165) is 0 Å². The largest absolute Gasteiger partial charge is 0.469 e. The topological polar surface area (TPSA) is 159 Å². The van der Waals surface area contributed by atoms with Crippen molar-refractivity contribution in [2.24, 2.45) is 4.99 Å². The number of rotatable bonds is 3. The molecule has 1 aromatic carbocycles. The number of hydrogen-bond donors (Lipinski definition) is 6. The molecule has 0 fully saturated rings. The molecule has 102 valence electrons. The first-order valence-corrected chi connectivity index (χ1v) is 8.11. The summed E-state index contributed by atoms with van der Waals surface area (Å²) < 4.78 is 11.1. The first kappa shape index (κ1) is 14.2. The number of nitrogens with zero attached hydrogens (tertiary/aromatic N) is 2. The zero-order chi connectivity index (χ0) is 14.3. The van der Waals surface area contributed by atoms with Gasteiger partial charge in [0.25, 0.3) is 0 Å². The van der Waals surface area contributed by atoms with Gasteiger partial charge in [0.15, 0.2) is 0 Å². The summed E-state index contributed by atoms with van der Waals surface area (Å²) in [6.45, 7) is 0. The van der Waals surface area contributed by atoms with Gasteiger partial charge in [0.1, 0.15) is 0 Å². The van der Waals surface area contributed by atoms with Crippen LogP contribution in [0.5, 0.6) is 0 Å². The van der Waals surface area contributed by atoms with Crippen molar-refractivity contribution in [3.63, 3.8) is 0 Å².